The molecule has 0 aliphatic heterocycles. The lowest BCUT2D eigenvalue weighted by atomic mass is 10.2. The van der Waals surface area contributed by atoms with Gasteiger partial charge in [0.2, 0.25) is 0 Å². The summed E-state index contributed by atoms with van der Waals surface area (Å²) >= 11 is 9.15. The minimum absolute atomic E-state index is 0.401. The Morgan fingerprint density at radius 3 is 3.00 bits per heavy atom. The zero-order chi connectivity index (χ0) is 11.1. The Hall–Kier alpha value is -1.14. The van der Waals surface area contributed by atoms with Gasteiger partial charge in [0.15, 0.2) is 0 Å². The minimum atomic E-state index is 0.401. The second kappa shape index (κ2) is 6.36. The van der Waals surface area contributed by atoms with E-state index in [2.05, 4.69) is 37.8 Å². The van der Waals surface area contributed by atoms with E-state index in [9.17, 15) is 0 Å². The van der Waals surface area contributed by atoms with Gasteiger partial charge in [0.25, 0.3) is 0 Å². The molecule has 0 saturated carbocycles. The lowest BCUT2D eigenvalue weighted by Gasteiger charge is -1.95. The van der Waals surface area contributed by atoms with Crippen molar-refractivity contribution in [2.45, 2.75) is 6.42 Å². The molecule has 0 unspecified atom stereocenters. The van der Waals surface area contributed by atoms with Gasteiger partial charge >= 0.3 is 0 Å². The summed E-state index contributed by atoms with van der Waals surface area (Å²) in [4.78, 5) is 2.64. The van der Waals surface area contributed by atoms with E-state index in [-0.39, 0.29) is 0 Å². The molecule has 0 aliphatic rings. The second-order valence-corrected chi connectivity index (χ2v) is 3.90. The zero-order valence-electron chi connectivity index (χ0n) is 7.74. The average Bonchev–Trinajstić information content (AvgIpc) is 2.23. The molecule has 0 radical (unpaired) electrons. The molecular weight excluding hydrogens is 277 g/mol. The van der Waals surface area contributed by atoms with E-state index in [1.807, 2.05) is 12.1 Å². The molecule has 1 rings (SSSR count). The van der Waals surface area contributed by atoms with E-state index in [4.69, 9.17) is 17.1 Å². The Balaban J connectivity index is 2.64. The second-order valence-electron chi connectivity index (χ2n) is 2.64. The van der Waals surface area contributed by atoms with Crippen LogP contribution in [0.15, 0.2) is 27.8 Å². The van der Waals surface area contributed by atoms with Crippen LogP contribution in [0, 0.1) is 11.8 Å². The normalized spacial score (nSPS) is 8.67. The SMILES string of the molecule is [N-]=[N+]=NCCC#Cc1ccc(Cl)c(Br)c1. The molecule has 0 aliphatic carbocycles. The maximum Gasteiger partial charge on any atom is 0.0548 e. The highest BCUT2D eigenvalue weighted by Crippen LogP contribution is 2.22. The molecule has 76 valence electrons. The molecule has 0 N–H and O–H groups in total. The van der Waals surface area contributed by atoms with Gasteiger partial charge in [-0.3, -0.25) is 0 Å². The molecule has 3 nitrogen and oxygen atoms in total. The first-order valence-electron chi connectivity index (χ1n) is 4.19. The van der Waals surface area contributed by atoms with Crippen LogP contribution in [0.25, 0.3) is 10.4 Å². The molecule has 15 heavy (non-hydrogen) atoms. The van der Waals surface area contributed by atoms with Crippen LogP contribution in [0.2, 0.25) is 5.02 Å². The highest BCUT2D eigenvalue weighted by molar-refractivity contribution is 9.10. The smallest absolute Gasteiger partial charge is 0.0548 e. The molecule has 0 aromatic heterocycles. The lowest BCUT2D eigenvalue weighted by molar-refractivity contribution is 1.01. The molecular formula is C10H7BrClN3. The maximum atomic E-state index is 8.04. The van der Waals surface area contributed by atoms with Crippen LogP contribution in [0.5, 0.6) is 0 Å². The third-order valence-electron chi connectivity index (χ3n) is 1.55. The topological polar surface area (TPSA) is 48.8 Å². The van der Waals surface area contributed by atoms with Crippen LogP contribution in [0.3, 0.4) is 0 Å². The molecule has 1 aromatic rings. The summed E-state index contributed by atoms with van der Waals surface area (Å²) in [6.45, 7) is 0.401. The fourth-order valence-corrected chi connectivity index (χ4v) is 1.39. The van der Waals surface area contributed by atoms with Gasteiger partial charge < -0.3 is 0 Å². The number of azide groups is 1. The van der Waals surface area contributed by atoms with E-state index in [0.29, 0.717) is 18.0 Å². The summed E-state index contributed by atoms with van der Waals surface area (Å²) < 4.78 is 0.825. The van der Waals surface area contributed by atoms with Gasteiger partial charge in [0.1, 0.15) is 0 Å². The van der Waals surface area contributed by atoms with Crippen LogP contribution in [0.1, 0.15) is 12.0 Å². The Kier molecular flexibility index (Phi) is 5.06. The minimum Gasteiger partial charge on any atom is -0.0978 e. The zero-order valence-corrected chi connectivity index (χ0v) is 10.1. The van der Waals surface area contributed by atoms with Gasteiger partial charge in [-0.15, -0.1) is 0 Å². The monoisotopic (exact) mass is 283 g/mol. The summed E-state index contributed by atoms with van der Waals surface area (Å²) in [5, 5.41) is 4.04. The molecule has 0 heterocycles. The van der Waals surface area contributed by atoms with Gasteiger partial charge in [-0.2, -0.15) is 0 Å². The standard InChI is InChI=1S/C10H7BrClN3/c11-9-7-8(4-5-10(9)12)3-1-2-6-14-15-13/h4-5,7H,2,6H2. The fraction of sp³-hybridized carbons (Fsp3) is 0.200. The maximum absolute atomic E-state index is 8.04. The average molecular weight is 285 g/mol. The first-order chi connectivity index (χ1) is 7.24. The first kappa shape index (κ1) is 11.9. The molecule has 5 heteroatoms. The highest BCUT2D eigenvalue weighted by Gasteiger charge is 1.95. The first-order valence-corrected chi connectivity index (χ1v) is 5.36. The van der Waals surface area contributed by atoms with Crippen molar-refractivity contribution in [2.24, 2.45) is 5.11 Å². The van der Waals surface area contributed by atoms with Crippen LogP contribution in [-0.2, 0) is 0 Å². The Morgan fingerprint density at radius 1 is 1.53 bits per heavy atom. The molecule has 0 bridgehead atoms. The van der Waals surface area contributed by atoms with E-state index < -0.39 is 0 Å². The third-order valence-corrected chi connectivity index (χ3v) is 2.77. The largest absolute Gasteiger partial charge is 0.0978 e. The third kappa shape index (κ3) is 4.26. The van der Waals surface area contributed by atoms with Crippen LogP contribution >= 0.6 is 27.5 Å². The molecule has 0 atom stereocenters. The number of hydrogen-bond donors (Lipinski definition) is 0. The van der Waals surface area contributed by atoms with Gasteiger partial charge in [-0.25, -0.2) is 0 Å². The lowest BCUT2D eigenvalue weighted by Crippen LogP contribution is -1.77. The van der Waals surface area contributed by atoms with Crippen molar-refractivity contribution in [3.05, 3.63) is 43.7 Å². The molecule has 0 amide bonds. The Morgan fingerprint density at radius 2 is 2.33 bits per heavy atom. The van der Waals surface area contributed by atoms with Crippen molar-refractivity contribution in [3.8, 4) is 11.8 Å². The number of halogens is 2. The van der Waals surface area contributed by atoms with Gasteiger partial charge in [0.05, 0.1) is 5.02 Å². The van der Waals surface area contributed by atoms with Crippen molar-refractivity contribution in [1.82, 2.24) is 0 Å². The molecule has 0 fully saturated rings. The van der Waals surface area contributed by atoms with Crippen molar-refractivity contribution < 1.29 is 0 Å². The summed E-state index contributed by atoms with van der Waals surface area (Å²) in [6, 6.07) is 5.47. The number of nitrogens with zero attached hydrogens (tertiary/aromatic N) is 3. The number of benzene rings is 1. The summed E-state index contributed by atoms with van der Waals surface area (Å²) in [7, 11) is 0. The van der Waals surface area contributed by atoms with Crippen molar-refractivity contribution in [1.29, 1.82) is 0 Å². The van der Waals surface area contributed by atoms with Crippen molar-refractivity contribution in [3.63, 3.8) is 0 Å². The Labute approximate surface area is 101 Å². The number of rotatable bonds is 2. The van der Waals surface area contributed by atoms with E-state index in [1.165, 1.54) is 0 Å². The molecule has 0 spiro atoms. The Bertz CT molecular complexity index is 455. The summed E-state index contributed by atoms with van der Waals surface area (Å²) in [6.07, 6.45) is 0.560. The van der Waals surface area contributed by atoms with Gasteiger partial charge in [0, 0.05) is 27.9 Å². The summed E-state index contributed by atoms with van der Waals surface area (Å²) in [5.41, 5.74) is 8.92. The van der Waals surface area contributed by atoms with E-state index in [1.54, 1.807) is 6.07 Å². The highest BCUT2D eigenvalue weighted by atomic mass is 79.9. The number of hydrogen-bond acceptors (Lipinski definition) is 1. The predicted octanol–water partition coefficient (Wildman–Crippen LogP) is 4.15. The molecule has 0 saturated heterocycles. The van der Waals surface area contributed by atoms with Gasteiger partial charge in [-0.1, -0.05) is 28.6 Å². The van der Waals surface area contributed by atoms with Crippen molar-refractivity contribution >= 4 is 27.5 Å². The van der Waals surface area contributed by atoms with Crippen molar-refractivity contribution in [2.75, 3.05) is 6.54 Å². The van der Waals surface area contributed by atoms with Crippen LogP contribution in [-0.4, -0.2) is 6.54 Å². The fourth-order valence-electron chi connectivity index (χ4n) is 0.889. The quantitative estimate of drug-likeness (QED) is 0.257. The van der Waals surface area contributed by atoms with Crippen LogP contribution in [0.4, 0.5) is 0 Å². The van der Waals surface area contributed by atoms with Gasteiger partial charge in [-0.05, 0) is 39.7 Å². The van der Waals surface area contributed by atoms with E-state index >= 15 is 0 Å². The van der Waals surface area contributed by atoms with E-state index in [0.717, 1.165) is 10.0 Å². The molecule has 1 aromatic carbocycles. The van der Waals surface area contributed by atoms with Crippen LogP contribution < -0.4 is 0 Å². The summed E-state index contributed by atoms with van der Waals surface area (Å²) in [5.74, 6) is 5.85. The predicted molar refractivity (Wildman–Crippen MR) is 64.7 cm³/mol.